The summed E-state index contributed by atoms with van der Waals surface area (Å²) < 4.78 is 0. The zero-order chi connectivity index (χ0) is 23.4. The van der Waals surface area contributed by atoms with Crippen LogP contribution < -0.4 is 4.90 Å². The van der Waals surface area contributed by atoms with Gasteiger partial charge in [0.15, 0.2) is 5.13 Å². The molecule has 1 aromatic rings. The molecule has 3 heterocycles. The zero-order valence-electron chi connectivity index (χ0n) is 20.6. The molecule has 1 aliphatic carbocycles. The maximum atomic E-state index is 13.6. The summed E-state index contributed by atoms with van der Waals surface area (Å²) in [6.45, 7) is 12.1. The molecule has 3 atom stereocenters. The molecule has 33 heavy (non-hydrogen) atoms. The molecule has 184 valence electrons. The molecule has 2 saturated heterocycles. The maximum Gasteiger partial charge on any atom is 0.246 e. The molecule has 3 aliphatic rings. The number of rotatable bonds is 6. The largest absolute Gasteiger partial charge is 0.341 e. The summed E-state index contributed by atoms with van der Waals surface area (Å²) >= 11 is 1.56. The van der Waals surface area contributed by atoms with Gasteiger partial charge in [0.1, 0.15) is 0 Å². The van der Waals surface area contributed by atoms with Crippen molar-refractivity contribution in [2.24, 2.45) is 11.8 Å². The van der Waals surface area contributed by atoms with Crippen LogP contribution in [0.25, 0.3) is 0 Å². The first kappa shape index (κ1) is 24.6. The number of piperazine rings is 1. The van der Waals surface area contributed by atoms with Crippen molar-refractivity contribution in [3.05, 3.63) is 11.6 Å². The monoisotopic (exact) mass is 475 g/mol. The van der Waals surface area contributed by atoms with Crippen LogP contribution in [-0.2, 0) is 9.59 Å². The smallest absolute Gasteiger partial charge is 0.246 e. The van der Waals surface area contributed by atoms with E-state index in [0.29, 0.717) is 18.4 Å². The van der Waals surface area contributed by atoms with Crippen molar-refractivity contribution in [3.8, 4) is 0 Å². The number of anilines is 1. The highest BCUT2D eigenvalue weighted by atomic mass is 32.1. The molecule has 3 fully saturated rings. The van der Waals surface area contributed by atoms with Gasteiger partial charge in [-0.25, -0.2) is 4.98 Å². The van der Waals surface area contributed by atoms with Gasteiger partial charge in [-0.3, -0.25) is 24.3 Å². The van der Waals surface area contributed by atoms with Crippen molar-refractivity contribution in [1.82, 2.24) is 19.7 Å². The minimum absolute atomic E-state index is 0.169. The summed E-state index contributed by atoms with van der Waals surface area (Å²) in [5.41, 5.74) is 0. The molecule has 0 N–H and O–H groups in total. The predicted octanol–water partition coefficient (Wildman–Crippen LogP) is 3.32. The zero-order valence-corrected chi connectivity index (χ0v) is 21.4. The molecule has 7 nitrogen and oxygen atoms in total. The topological polar surface area (TPSA) is 60.0 Å². The van der Waals surface area contributed by atoms with Crippen LogP contribution in [0.3, 0.4) is 0 Å². The highest BCUT2D eigenvalue weighted by molar-refractivity contribution is 7.13. The molecule has 2 aliphatic heterocycles. The van der Waals surface area contributed by atoms with E-state index in [1.807, 2.05) is 17.2 Å². The SMILES string of the molecule is C[C@@H]1C[C@H](C)CN(C(=O)CN2CCN([C@@H](C)C(=O)N(c3nccs3)C3CCCCC3)CC2)C1. The Morgan fingerprint density at radius 1 is 1.09 bits per heavy atom. The van der Waals surface area contributed by atoms with Crippen LogP contribution in [0.2, 0.25) is 0 Å². The predicted molar refractivity (Wildman–Crippen MR) is 133 cm³/mol. The van der Waals surface area contributed by atoms with Crippen molar-refractivity contribution in [2.45, 2.75) is 71.4 Å². The fourth-order valence-electron chi connectivity index (χ4n) is 5.93. The Kier molecular flexibility index (Phi) is 8.41. The van der Waals surface area contributed by atoms with E-state index in [2.05, 4.69) is 33.5 Å². The minimum atomic E-state index is -0.169. The Morgan fingerprint density at radius 2 is 1.76 bits per heavy atom. The van der Waals surface area contributed by atoms with E-state index in [1.54, 1.807) is 17.5 Å². The van der Waals surface area contributed by atoms with Gasteiger partial charge in [0, 0.05) is 56.9 Å². The Hall–Kier alpha value is -1.51. The first-order valence-electron chi connectivity index (χ1n) is 12.9. The number of carbonyl (C=O) groups excluding carboxylic acids is 2. The number of likely N-dealkylation sites (tertiary alicyclic amines) is 1. The standard InChI is InChI=1S/C25H41N5O2S/c1-19-15-20(2)17-29(16-19)23(31)18-27-10-12-28(13-11-27)21(3)24(32)30(25-26-9-14-33-25)22-7-5-4-6-8-22/h9,14,19-22H,4-8,10-13,15-18H2,1-3H3/t19-,20+,21-/m0/s1. The molecular weight excluding hydrogens is 434 g/mol. The van der Waals surface area contributed by atoms with E-state index in [-0.39, 0.29) is 23.9 Å². The van der Waals surface area contributed by atoms with Crippen molar-refractivity contribution in [2.75, 3.05) is 50.7 Å². The van der Waals surface area contributed by atoms with Crippen molar-refractivity contribution < 1.29 is 9.59 Å². The third-order valence-corrected chi connectivity index (χ3v) is 8.47. The first-order valence-corrected chi connectivity index (χ1v) is 13.8. The number of piperidine rings is 1. The lowest BCUT2D eigenvalue weighted by Gasteiger charge is -2.41. The van der Waals surface area contributed by atoms with Crippen LogP contribution in [0.1, 0.15) is 59.3 Å². The molecule has 1 aromatic heterocycles. The van der Waals surface area contributed by atoms with E-state index >= 15 is 0 Å². The molecule has 0 radical (unpaired) electrons. The van der Waals surface area contributed by atoms with Gasteiger partial charge in [0.25, 0.3) is 0 Å². The maximum absolute atomic E-state index is 13.6. The second kappa shape index (κ2) is 11.3. The second-order valence-corrected chi connectivity index (χ2v) is 11.4. The third kappa shape index (κ3) is 6.14. The van der Waals surface area contributed by atoms with E-state index in [0.717, 1.165) is 57.2 Å². The average molecular weight is 476 g/mol. The lowest BCUT2D eigenvalue weighted by atomic mass is 9.92. The van der Waals surface area contributed by atoms with Crippen LogP contribution in [0.4, 0.5) is 5.13 Å². The number of carbonyl (C=O) groups is 2. The summed E-state index contributed by atoms with van der Waals surface area (Å²) in [6.07, 6.45) is 8.80. The Balaban J connectivity index is 1.31. The number of aromatic nitrogens is 1. The summed E-state index contributed by atoms with van der Waals surface area (Å²) in [7, 11) is 0. The quantitative estimate of drug-likeness (QED) is 0.632. The number of hydrogen-bond acceptors (Lipinski definition) is 6. The number of nitrogens with zero attached hydrogens (tertiary/aromatic N) is 5. The molecule has 8 heteroatoms. The highest BCUT2D eigenvalue weighted by Gasteiger charge is 2.35. The third-order valence-electron chi connectivity index (χ3n) is 7.70. The first-order chi connectivity index (χ1) is 15.9. The van der Waals surface area contributed by atoms with Gasteiger partial charge < -0.3 is 4.90 Å². The second-order valence-electron chi connectivity index (χ2n) is 10.5. The van der Waals surface area contributed by atoms with Gasteiger partial charge in [-0.2, -0.15) is 0 Å². The van der Waals surface area contributed by atoms with Crippen LogP contribution >= 0.6 is 11.3 Å². The van der Waals surface area contributed by atoms with Gasteiger partial charge in [0.2, 0.25) is 11.8 Å². The fraction of sp³-hybridized carbons (Fsp3) is 0.800. The molecule has 2 amide bonds. The average Bonchev–Trinajstić information content (AvgIpc) is 3.33. The summed E-state index contributed by atoms with van der Waals surface area (Å²) in [6, 6.07) is 0.102. The molecule has 0 aromatic carbocycles. The Bertz CT molecular complexity index is 764. The van der Waals surface area contributed by atoms with Crippen molar-refractivity contribution in [1.29, 1.82) is 0 Å². The van der Waals surface area contributed by atoms with Crippen LogP contribution in [0, 0.1) is 11.8 Å². The molecule has 0 unspecified atom stereocenters. The van der Waals surface area contributed by atoms with E-state index < -0.39 is 0 Å². The van der Waals surface area contributed by atoms with Gasteiger partial charge in [-0.1, -0.05) is 33.1 Å². The number of amides is 2. The fourth-order valence-corrected chi connectivity index (χ4v) is 6.65. The summed E-state index contributed by atoms with van der Waals surface area (Å²) in [5.74, 6) is 1.62. The minimum Gasteiger partial charge on any atom is -0.341 e. The number of thiazole rings is 1. The van der Waals surface area contributed by atoms with Crippen molar-refractivity contribution in [3.63, 3.8) is 0 Å². The van der Waals surface area contributed by atoms with Crippen LogP contribution in [-0.4, -0.2) is 89.4 Å². The normalized spacial score (nSPS) is 26.8. The van der Waals surface area contributed by atoms with Gasteiger partial charge in [-0.05, 0) is 38.0 Å². The van der Waals surface area contributed by atoms with Crippen LogP contribution in [0.15, 0.2) is 11.6 Å². The van der Waals surface area contributed by atoms with Gasteiger partial charge in [0.05, 0.1) is 12.6 Å². The Labute approximate surface area is 203 Å². The lowest BCUT2D eigenvalue weighted by Crippen LogP contribution is -2.57. The van der Waals surface area contributed by atoms with Crippen LogP contribution in [0.5, 0.6) is 0 Å². The summed E-state index contributed by atoms with van der Waals surface area (Å²) in [4.78, 5) is 39.6. The lowest BCUT2D eigenvalue weighted by molar-refractivity contribution is -0.136. The van der Waals surface area contributed by atoms with E-state index in [4.69, 9.17) is 0 Å². The molecular formula is C25H41N5O2S. The highest BCUT2D eigenvalue weighted by Crippen LogP contribution is 2.30. The van der Waals surface area contributed by atoms with E-state index in [9.17, 15) is 9.59 Å². The summed E-state index contributed by atoms with van der Waals surface area (Å²) in [5, 5.41) is 2.80. The number of hydrogen-bond donors (Lipinski definition) is 0. The molecule has 1 saturated carbocycles. The van der Waals surface area contributed by atoms with E-state index in [1.165, 1.54) is 25.7 Å². The molecule has 0 spiro atoms. The van der Waals surface area contributed by atoms with Gasteiger partial charge in [-0.15, -0.1) is 11.3 Å². The van der Waals surface area contributed by atoms with Crippen molar-refractivity contribution >= 4 is 28.3 Å². The molecule has 4 rings (SSSR count). The van der Waals surface area contributed by atoms with Gasteiger partial charge >= 0.3 is 0 Å². The molecule has 0 bridgehead atoms. The Morgan fingerprint density at radius 3 is 2.36 bits per heavy atom.